The molecule has 2 aliphatic rings. The maximum absolute atomic E-state index is 10.3. The Morgan fingerprint density at radius 2 is 2.14 bits per heavy atom. The molecule has 3 N–H and O–H groups in total. The first kappa shape index (κ1) is 10.4. The predicted octanol–water partition coefficient (Wildman–Crippen LogP) is 0.901. The third-order valence-corrected chi connectivity index (χ3v) is 4.21. The molecular weight excluding hydrogens is 178 g/mol. The molecule has 0 aromatic rings. The van der Waals surface area contributed by atoms with Crippen molar-refractivity contribution in [3.8, 4) is 0 Å². The Kier molecular flexibility index (Phi) is 2.37. The Hall–Kier alpha value is -0.120. The van der Waals surface area contributed by atoms with Crippen LogP contribution in [0.2, 0.25) is 0 Å². The van der Waals surface area contributed by atoms with E-state index in [-0.39, 0.29) is 17.1 Å². The third kappa shape index (κ3) is 1.30. The van der Waals surface area contributed by atoms with Gasteiger partial charge in [-0.1, -0.05) is 0 Å². The van der Waals surface area contributed by atoms with Crippen LogP contribution in [0.4, 0.5) is 0 Å². The van der Waals surface area contributed by atoms with Gasteiger partial charge in [0.2, 0.25) is 0 Å². The molecule has 0 bridgehead atoms. The smallest absolute Gasteiger partial charge is 0.0720 e. The number of hydrogen-bond donors (Lipinski definition) is 2. The highest BCUT2D eigenvalue weighted by Crippen LogP contribution is 2.51. The first-order valence-corrected chi connectivity index (χ1v) is 5.55. The molecule has 0 amide bonds. The summed E-state index contributed by atoms with van der Waals surface area (Å²) >= 11 is 0. The van der Waals surface area contributed by atoms with Crippen LogP contribution >= 0.6 is 0 Å². The monoisotopic (exact) mass is 199 g/mol. The topological polar surface area (TPSA) is 55.5 Å². The van der Waals surface area contributed by atoms with Gasteiger partial charge in [0.1, 0.15) is 0 Å². The average molecular weight is 199 g/mol. The highest BCUT2D eigenvalue weighted by atomic mass is 16.5. The van der Waals surface area contributed by atoms with Crippen LogP contribution in [-0.2, 0) is 4.74 Å². The molecule has 1 saturated carbocycles. The van der Waals surface area contributed by atoms with Crippen molar-refractivity contribution in [2.75, 3.05) is 13.2 Å². The van der Waals surface area contributed by atoms with Gasteiger partial charge in [0.25, 0.3) is 0 Å². The van der Waals surface area contributed by atoms with Crippen molar-refractivity contribution in [1.29, 1.82) is 0 Å². The molecule has 14 heavy (non-hydrogen) atoms. The van der Waals surface area contributed by atoms with Crippen molar-refractivity contribution < 1.29 is 9.84 Å². The summed E-state index contributed by atoms with van der Waals surface area (Å²) < 4.78 is 5.71. The molecule has 1 aliphatic heterocycles. The molecule has 2 unspecified atom stereocenters. The van der Waals surface area contributed by atoms with Crippen LogP contribution in [0.5, 0.6) is 0 Å². The van der Waals surface area contributed by atoms with E-state index >= 15 is 0 Å². The van der Waals surface area contributed by atoms with Crippen molar-refractivity contribution in [2.45, 2.75) is 44.8 Å². The summed E-state index contributed by atoms with van der Waals surface area (Å²) in [5.41, 5.74) is 5.38. The number of ether oxygens (including phenoxy) is 1. The molecule has 0 aromatic heterocycles. The quantitative estimate of drug-likeness (QED) is 0.710. The normalized spacial score (nSPS) is 38.6. The fourth-order valence-electron chi connectivity index (χ4n) is 2.77. The van der Waals surface area contributed by atoms with Crippen molar-refractivity contribution >= 4 is 0 Å². The molecule has 2 fully saturated rings. The number of aliphatic hydroxyl groups is 1. The second-order valence-corrected chi connectivity index (χ2v) is 5.25. The van der Waals surface area contributed by atoms with Crippen LogP contribution in [0, 0.1) is 11.3 Å². The van der Waals surface area contributed by atoms with Gasteiger partial charge < -0.3 is 15.6 Å². The Balaban J connectivity index is 2.22. The van der Waals surface area contributed by atoms with E-state index in [1.54, 1.807) is 0 Å². The lowest BCUT2D eigenvalue weighted by Gasteiger charge is -2.43. The Morgan fingerprint density at radius 1 is 1.50 bits per heavy atom. The van der Waals surface area contributed by atoms with Crippen molar-refractivity contribution in [2.24, 2.45) is 17.1 Å². The SMILES string of the molecule is CC1(C)OCCC1(CN)C(O)C1CC1. The lowest BCUT2D eigenvalue weighted by molar-refractivity contribution is -0.0949. The summed E-state index contributed by atoms with van der Waals surface area (Å²) in [6.07, 6.45) is 2.93. The van der Waals surface area contributed by atoms with Crippen molar-refractivity contribution in [3.63, 3.8) is 0 Å². The first-order chi connectivity index (χ1) is 6.53. The van der Waals surface area contributed by atoms with E-state index in [2.05, 4.69) is 13.8 Å². The molecule has 82 valence electrons. The van der Waals surface area contributed by atoms with Crippen LogP contribution in [0.3, 0.4) is 0 Å². The maximum Gasteiger partial charge on any atom is 0.0720 e. The van der Waals surface area contributed by atoms with Crippen LogP contribution in [0.25, 0.3) is 0 Å². The van der Waals surface area contributed by atoms with Gasteiger partial charge in [-0.15, -0.1) is 0 Å². The number of hydrogen-bond acceptors (Lipinski definition) is 3. The van der Waals surface area contributed by atoms with Crippen LogP contribution < -0.4 is 5.73 Å². The van der Waals surface area contributed by atoms with Crippen LogP contribution in [0.1, 0.15) is 33.1 Å². The highest BCUT2D eigenvalue weighted by Gasteiger charge is 2.57. The second-order valence-electron chi connectivity index (χ2n) is 5.25. The first-order valence-electron chi connectivity index (χ1n) is 5.55. The minimum absolute atomic E-state index is 0.214. The Bertz CT molecular complexity index is 225. The van der Waals surface area contributed by atoms with Crippen molar-refractivity contribution in [1.82, 2.24) is 0 Å². The van der Waals surface area contributed by atoms with E-state index in [1.807, 2.05) is 0 Å². The fourth-order valence-corrected chi connectivity index (χ4v) is 2.77. The maximum atomic E-state index is 10.3. The molecular formula is C11H21NO2. The van der Waals surface area contributed by atoms with Crippen LogP contribution in [0.15, 0.2) is 0 Å². The Morgan fingerprint density at radius 3 is 2.50 bits per heavy atom. The molecule has 0 spiro atoms. The summed E-state index contributed by atoms with van der Waals surface area (Å²) in [7, 11) is 0. The number of nitrogens with two attached hydrogens (primary N) is 1. The number of rotatable bonds is 3. The molecule has 1 heterocycles. The lowest BCUT2D eigenvalue weighted by atomic mass is 9.68. The summed E-state index contributed by atoms with van der Waals surface area (Å²) in [6.45, 7) is 5.36. The van der Waals surface area contributed by atoms with Gasteiger partial charge >= 0.3 is 0 Å². The molecule has 3 nitrogen and oxygen atoms in total. The largest absolute Gasteiger partial charge is 0.392 e. The molecule has 1 aliphatic carbocycles. The lowest BCUT2D eigenvalue weighted by Crippen LogP contribution is -2.54. The summed E-state index contributed by atoms with van der Waals surface area (Å²) in [5, 5.41) is 10.3. The van der Waals surface area contributed by atoms with Gasteiger partial charge in [-0.2, -0.15) is 0 Å². The minimum atomic E-state index is -0.274. The van der Waals surface area contributed by atoms with Crippen molar-refractivity contribution in [3.05, 3.63) is 0 Å². The zero-order valence-electron chi connectivity index (χ0n) is 9.12. The molecule has 2 rings (SSSR count). The van der Waals surface area contributed by atoms with Gasteiger partial charge in [0.15, 0.2) is 0 Å². The van der Waals surface area contributed by atoms with E-state index in [0.29, 0.717) is 12.5 Å². The molecule has 1 saturated heterocycles. The zero-order valence-corrected chi connectivity index (χ0v) is 9.12. The van der Waals surface area contributed by atoms with Crippen LogP contribution in [-0.4, -0.2) is 30.0 Å². The third-order valence-electron chi connectivity index (χ3n) is 4.21. The summed E-state index contributed by atoms with van der Waals surface area (Å²) in [5.74, 6) is 0.472. The van der Waals surface area contributed by atoms with E-state index in [1.165, 1.54) is 0 Å². The van der Waals surface area contributed by atoms with E-state index in [9.17, 15) is 5.11 Å². The van der Waals surface area contributed by atoms with E-state index < -0.39 is 0 Å². The average Bonchev–Trinajstić information content (AvgIpc) is 2.90. The van der Waals surface area contributed by atoms with Gasteiger partial charge in [-0.3, -0.25) is 0 Å². The van der Waals surface area contributed by atoms with E-state index in [4.69, 9.17) is 10.5 Å². The fraction of sp³-hybridized carbons (Fsp3) is 1.00. The van der Waals surface area contributed by atoms with Gasteiger partial charge in [0.05, 0.1) is 11.7 Å². The Labute approximate surface area is 85.6 Å². The minimum Gasteiger partial charge on any atom is -0.392 e. The molecule has 3 heteroatoms. The zero-order chi connectivity index (χ0) is 10.4. The second kappa shape index (κ2) is 3.19. The standard InChI is InChI=1S/C11H21NO2/c1-10(2)11(7-12,5-6-14-10)9(13)8-3-4-8/h8-9,13H,3-7,12H2,1-2H3. The van der Waals surface area contributed by atoms with Gasteiger partial charge in [-0.05, 0) is 39.0 Å². The van der Waals surface area contributed by atoms with E-state index in [0.717, 1.165) is 25.9 Å². The van der Waals surface area contributed by atoms with Gasteiger partial charge in [0, 0.05) is 18.6 Å². The highest BCUT2D eigenvalue weighted by molar-refractivity contribution is 5.07. The molecule has 0 aromatic carbocycles. The summed E-state index contributed by atoms with van der Waals surface area (Å²) in [4.78, 5) is 0. The molecule has 2 atom stereocenters. The number of aliphatic hydroxyl groups excluding tert-OH is 1. The predicted molar refractivity (Wildman–Crippen MR) is 54.9 cm³/mol. The molecule has 0 radical (unpaired) electrons. The van der Waals surface area contributed by atoms with Gasteiger partial charge in [-0.25, -0.2) is 0 Å². The summed E-state index contributed by atoms with van der Waals surface area (Å²) in [6, 6.07) is 0.